The Morgan fingerprint density at radius 3 is 2.88 bits per heavy atom. The van der Waals surface area contributed by atoms with Crippen molar-refractivity contribution in [2.75, 3.05) is 26.4 Å². The van der Waals surface area contributed by atoms with Crippen LogP contribution in [0.2, 0.25) is 0 Å². The van der Waals surface area contributed by atoms with E-state index in [4.69, 9.17) is 19.0 Å². The summed E-state index contributed by atoms with van der Waals surface area (Å²) in [7, 11) is -0.929. The van der Waals surface area contributed by atoms with Crippen LogP contribution in [0, 0.1) is 0 Å². The van der Waals surface area contributed by atoms with E-state index in [0.29, 0.717) is 13.2 Å². The molecule has 0 bridgehead atoms. The average molecular weight is 250 g/mol. The molecule has 0 aliphatic carbocycles. The van der Waals surface area contributed by atoms with Crippen LogP contribution in [0.15, 0.2) is 0 Å². The zero-order chi connectivity index (χ0) is 11.9. The number of aliphatic hydroxyl groups is 2. The van der Waals surface area contributed by atoms with Crippen molar-refractivity contribution >= 4 is 9.76 Å². The molecular weight excluding hydrogens is 228 g/mol. The first kappa shape index (κ1) is 14.1. The molecule has 0 spiro atoms. The van der Waals surface area contributed by atoms with Gasteiger partial charge in [-0.15, -0.1) is 0 Å². The third-order valence-electron chi connectivity index (χ3n) is 2.59. The Labute approximate surface area is 98.6 Å². The van der Waals surface area contributed by atoms with Gasteiger partial charge in [0.15, 0.2) is 5.41 Å². The first-order valence-corrected chi connectivity index (χ1v) is 7.15. The molecule has 1 aliphatic heterocycles. The summed E-state index contributed by atoms with van der Waals surface area (Å²) in [6.07, 6.45) is 2.11. The minimum Gasteiger partial charge on any atom is -0.418 e. The summed E-state index contributed by atoms with van der Waals surface area (Å²) in [5, 5.41) is 18.0. The summed E-state index contributed by atoms with van der Waals surface area (Å²) in [6.45, 7) is 3.13. The number of ether oxygens (including phenoxy) is 2. The molecule has 1 heterocycles. The SMILES string of the molecule is CCO[SiH2]C1(OCC(O)CO)CCCCO1. The summed E-state index contributed by atoms with van der Waals surface area (Å²) < 4.78 is 16.8. The lowest BCUT2D eigenvalue weighted by molar-refractivity contribution is -0.218. The van der Waals surface area contributed by atoms with E-state index in [-0.39, 0.29) is 13.2 Å². The van der Waals surface area contributed by atoms with Crippen molar-refractivity contribution in [3.8, 4) is 0 Å². The molecular formula is C10H22O5Si. The largest absolute Gasteiger partial charge is 0.418 e. The zero-order valence-electron chi connectivity index (χ0n) is 9.85. The monoisotopic (exact) mass is 250 g/mol. The molecule has 1 fully saturated rings. The van der Waals surface area contributed by atoms with Crippen LogP contribution in [-0.4, -0.2) is 57.9 Å². The number of hydrogen-bond donors (Lipinski definition) is 2. The maximum absolute atomic E-state index is 9.27. The van der Waals surface area contributed by atoms with E-state index in [2.05, 4.69) is 0 Å². The van der Waals surface area contributed by atoms with Gasteiger partial charge < -0.3 is 24.1 Å². The topological polar surface area (TPSA) is 68.2 Å². The Balaban J connectivity index is 2.42. The van der Waals surface area contributed by atoms with Gasteiger partial charge in [-0.1, -0.05) is 0 Å². The Morgan fingerprint density at radius 2 is 2.31 bits per heavy atom. The van der Waals surface area contributed by atoms with Crippen LogP contribution in [0.1, 0.15) is 26.2 Å². The highest BCUT2D eigenvalue weighted by atomic mass is 28.2. The molecule has 0 aromatic carbocycles. The van der Waals surface area contributed by atoms with Crippen molar-refractivity contribution < 1.29 is 24.1 Å². The first-order chi connectivity index (χ1) is 7.72. The van der Waals surface area contributed by atoms with Crippen LogP contribution in [0.3, 0.4) is 0 Å². The van der Waals surface area contributed by atoms with Gasteiger partial charge >= 0.3 is 0 Å². The van der Waals surface area contributed by atoms with E-state index < -0.39 is 21.3 Å². The van der Waals surface area contributed by atoms with Crippen molar-refractivity contribution in [3.63, 3.8) is 0 Å². The van der Waals surface area contributed by atoms with Gasteiger partial charge in [-0.05, 0) is 26.2 Å². The van der Waals surface area contributed by atoms with Gasteiger partial charge in [-0.3, -0.25) is 0 Å². The van der Waals surface area contributed by atoms with Crippen LogP contribution in [-0.2, 0) is 13.9 Å². The molecule has 96 valence electrons. The number of hydrogen-bond acceptors (Lipinski definition) is 5. The molecule has 16 heavy (non-hydrogen) atoms. The second kappa shape index (κ2) is 7.36. The van der Waals surface area contributed by atoms with E-state index in [1.54, 1.807) is 0 Å². The maximum Gasteiger partial charge on any atom is 0.227 e. The van der Waals surface area contributed by atoms with Crippen molar-refractivity contribution in [1.29, 1.82) is 0 Å². The molecule has 0 radical (unpaired) electrons. The Hall–Kier alpha value is 0.0169. The van der Waals surface area contributed by atoms with E-state index in [1.165, 1.54) is 0 Å². The van der Waals surface area contributed by atoms with Gasteiger partial charge in [0, 0.05) is 13.2 Å². The molecule has 0 amide bonds. The predicted molar refractivity (Wildman–Crippen MR) is 61.7 cm³/mol. The van der Waals surface area contributed by atoms with Crippen molar-refractivity contribution in [1.82, 2.24) is 0 Å². The second-order valence-electron chi connectivity index (χ2n) is 4.00. The van der Waals surface area contributed by atoms with Gasteiger partial charge in [0.25, 0.3) is 0 Å². The third kappa shape index (κ3) is 4.48. The van der Waals surface area contributed by atoms with Gasteiger partial charge in [0.2, 0.25) is 9.76 Å². The summed E-state index contributed by atoms with van der Waals surface area (Å²) in [6, 6.07) is 0. The molecule has 2 N–H and O–H groups in total. The van der Waals surface area contributed by atoms with Crippen LogP contribution in [0.4, 0.5) is 0 Å². The van der Waals surface area contributed by atoms with Crippen LogP contribution < -0.4 is 0 Å². The van der Waals surface area contributed by atoms with Gasteiger partial charge in [-0.25, -0.2) is 0 Å². The first-order valence-electron chi connectivity index (χ1n) is 5.87. The standard InChI is InChI=1S/C10H22O5Si/c1-2-15-16-10(5-3-4-6-13-10)14-8-9(12)7-11/h9,11-12H,2-8,16H2,1H3. The fraction of sp³-hybridized carbons (Fsp3) is 1.00. The van der Waals surface area contributed by atoms with Gasteiger partial charge in [0.1, 0.15) is 6.10 Å². The highest BCUT2D eigenvalue weighted by Gasteiger charge is 2.35. The Kier molecular flexibility index (Phi) is 6.48. The quantitative estimate of drug-likeness (QED) is 0.587. The fourth-order valence-electron chi connectivity index (χ4n) is 1.65. The maximum atomic E-state index is 9.27. The van der Waals surface area contributed by atoms with Crippen LogP contribution in [0.5, 0.6) is 0 Å². The number of aliphatic hydroxyl groups excluding tert-OH is 2. The van der Waals surface area contributed by atoms with Gasteiger partial charge in [-0.2, -0.15) is 0 Å². The minimum absolute atomic E-state index is 0.108. The molecule has 1 saturated heterocycles. The zero-order valence-corrected chi connectivity index (χ0v) is 11.3. The summed E-state index contributed by atoms with van der Waals surface area (Å²) in [5.74, 6) is 0. The average Bonchev–Trinajstić information content (AvgIpc) is 2.35. The Morgan fingerprint density at radius 1 is 1.50 bits per heavy atom. The lowest BCUT2D eigenvalue weighted by Crippen LogP contribution is -2.47. The van der Waals surface area contributed by atoms with E-state index in [9.17, 15) is 5.11 Å². The van der Waals surface area contributed by atoms with Crippen molar-refractivity contribution in [3.05, 3.63) is 0 Å². The molecule has 1 rings (SSSR count). The molecule has 2 unspecified atom stereocenters. The normalized spacial score (nSPS) is 28.7. The fourth-order valence-corrected chi connectivity index (χ4v) is 2.99. The lowest BCUT2D eigenvalue weighted by Gasteiger charge is -2.36. The van der Waals surface area contributed by atoms with E-state index >= 15 is 0 Å². The smallest absolute Gasteiger partial charge is 0.227 e. The molecule has 5 nitrogen and oxygen atoms in total. The van der Waals surface area contributed by atoms with E-state index in [1.807, 2.05) is 6.92 Å². The van der Waals surface area contributed by atoms with Crippen LogP contribution >= 0.6 is 0 Å². The van der Waals surface area contributed by atoms with Crippen LogP contribution in [0.25, 0.3) is 0 Å². The molecule has 6 heteroatoms. The van der Waals surface area contributed by atoms with Gasteiger partial charge in [0.05, 0.1) is 13.2 Å². The highest BCUT2D eigenvalue weighted by molar-refractivity contribution is 6.31. The lowest BCUT2D eigenvalue weighted by atomic mass is 10.2. The summed E-state index contributed by atoms with van der Waals surface area (Å²) >= 11 is 0. The minimum atomic E-state index is -0.929. The third-order valence-corrected chi connectivity index (χ3v) is 4.41. The van der Waals surface area contributed by atoms with Crippen molar-refractivity contribution in [2.45, 2.75) is 37.7 Å². The molecule has 0 aromatic rings. The number of rotatable bonds is 7. The summed E-state index contributed by atoms with van der Waals surface area (Å²) in [5.41, 5.74) is -0.593. The molecule has 0 saturated carbocycles. The summed E-state index contributed by atoms with van der Waals surface area (Å²) in [4.78, 5) is 0. The second-order valence-corrected chi connectivity index (χ2v) is 5.78. The highest BCUT2D eigenvalue weighted by Crippen LogP contribution is 2.25. The molecule has 0 aromatic heterocycles. The Bertz CT molecular complexity index is 184. The predicted octanol–water partition coefficient (Wildman–Crippen LogP) is -0.669. The molecule has 2 atom stereocenters. The molecule has 1 aliphatic rings. The van der Waals surface area contributed by atoms with E-state index in [0.717, 1.165) is 19.3 Å². The van der Waals surface area contributed by atoms with Crippen molar-refractivity contribution in [2.24, 2.45) is 0 Å².